The smallest absolute Gasteiger partial charge is 0.343 e. The highest BCUT2D eigenvalue weighted by Gasteiger charge is 2.28. The summed E-state index contributed by atoms with van der Waals surface area (Å²) in [5.74, 6) is -0.0514. The number of benzene rings is 1. The Morgan fingerprint density at radius 2 is 1.96 bits per heavy atom. The van der Waals surface area contributed by atoms with Gasteiger partial charge in [0.25, 0.3) is 0 Å². The molecule has 2 heterocycles. The maximum atomic E-state index is 12.1. The minimum Gasteiger partial charge on any atom is -0.420 e. The quantitative estimate of drug-likeness (QED) is 0.588. The normalized spacial score (nSPS) is 16.3. The molecule has 1 aromatic heterocycles. The average molecular weight is 397 g/mol. The summed E-state index contributed by atoms with van der Waals surface area (Å²) >= 11 is 3.20. The average Bonchev–Trinajstić information content (AvgIpc) is 2.89. The molecule has 0 aliphatic carbocycles. The molecule has 23 heavy (non-hydrogen) atoms. The van der Waals surface area contributed by atoms with Crippen molar-refractivity contribution in [1.82, 2.24) is 4.98 Å². The van der Waals surface area contributed by atoms with E-state index in [0.29, 0.717) is 34.6 Å². The minimum absolute atomic E-state index is 0.159. The fourth-order valence-corrected chi connectivity index (χ4v) is 4.20. The third-order valence-electron chi connectivity index (χ3n) is 3.42. The van der Waals surface area contributed by atoms with Gasteiger partial charge in [-0.15, -0.1) is 0 Å². The maximum absolute atomic E-state index is 12.1. The van der Waals surface area contributed by atoms with Crippen LogP contribution in [0, 0.1) is 0 Å². The Hall–Kier alpha value is -1.93. The lowest BCUT2D eigenvalue weighted by molar-refractivity contribution is 0.0733. The van der Waals surface area contributed by atoms with Crippen LogP contribution >= 0.6 is 15.9 Å². The number of carbonyl (C=O) groups is 1. The van der Waals surface area contributed by atoms with Gasteiger partial charge in [-0.05, 0) is 58.7 Å². The van der Waals surface area contributed by atoms with Crippen LogP contribution in [-0.4, -0.2) is 31.7 Å². The Labute approximate surface area is 142 Å². The molecule has 0 spiro atoms. The van der Waals surface area contributed by atoms with E-state index in [4.69, 9.17) is 4.74 Å². The molecule has 1 aliphatic heterocycles. The number of esters is 1. The molecule has 1 saturated heterocycles. The van der Waals surface area contributed by atoms with Gasteiger partial charge in [-0.2, -0.15) is 0 Å². The molecule has 0 amide bonds. The highest BCUT2D eigenvalue weighted by molar-refractivity contribution is 9.10. The van der Waals surface area contributed by atoms with Crippen molar-refractivity contribution in [3.05, 3.63) is 52.8 Å². The van der Waals surface area contributed by atoms with Crippen LogP contribution in [0.4, 0.5) is 5.69 Å². The van der Waals surface area contributed by atoms with Crippen LogP contribution in [0.2, 0.25) is 0 Å². The molecule has 1 aliphatic rings. The molecule has 120 valence electrons. The van der Waals surface area contributed by atoms with E-state index < -0.39 is 16.0 Å². The Morgan fingerprint density at radius 1 is 1.22 bits per heavy atom. The summed E-state index contributed by atoms with van der Waals surface area (Å²) in [7, 11) is -3.22. The zero-order valence-corrected chi connectivity index (χ0v) is 14.4. The molecule has 0 bridgehead atoms. The molecule has 0 N–H and O–H groups in total. The zero-order chi connectivity index (χ0) is 16.4. The molecule has 6 nitrogen and oxygen atoms in total. The second-order valence-electron chi connectivity index (χ2n) is 4.97. The van der Waals surface area contributed by atoms with E-state index in [0.717, 1.165) is 0 Å². The molecule has 1 aromatic carbocycles. The van der Waals surface area contributed by atoms with Gasteiger partial charge in [-0.25, -0.2) is 18.2 Å². The third kappa shape index (κ3) is 3.37. The summed E-state index contributed by atoms with van der Waals surface area (Å²) in [5, 5.41) is 0. The lowest BCUT2D eigenvalue weighted by Gasteiger charge is -2.16. The van der Waals surface area contributed by atoms with E-state index in [2.05, 4.69) is 20.9 Å². The van der Waals surface area contributed by atoms with E-state index in [1.165, 1.54) is 4.31 Å². The van der Waals surface area contributed by atoms with Crippen LogP contribution in [-0.2, 0) is 10.0 Å². The number of pyridine rings is 1. The summed E-state index contributed by atoms with van der Waals surface area (Å²) in [6.07, 6.45) is 2.19. The predicted molar refractivity (Wildman–Crippen MR) is 89.1 cm³/mol. The molecular formula is C15H13BrN2O4S. The van der Waals surface area contributed by atoms with Gasteiger partial charge >= 0.3 is 5.97 Å². The number of carbonyl (C=O) groups excluding carboxylic acids is 1. The fourth-order valence-electron chi connectivity index (χ4n) is 2.30. The standard InChI is InChI=1S/C15H13BrN2O4S/c16-14-13(3-1-8-17-14)22-15(19)11-4-6-12(7-5-11)18-9-2-10-23(18,20)21/h1,3-8H,2,9-10H2. The first-order valence-electron chi connectivity index (χ1n) is 6.90. The monoisotopic (exact) mass is 396 g/mol. The van der Waals surface area contributed by atoms with E-state index in [1.54, 1.807) is 42.6 Å². The van der Waals surface area contributed by atoms with Crippen LogP contribution in [0.15, 0.2) is 47.2 Å². The first-order valence-corrected chi connectivity index (χ1v) is 9.31. The van der Waals surface area contributed by atoms with Gasteiger partial charge < -0.3 is 4.74 Å². The maximum Gasteiger partial charge on any atom is 0.343 e. The summed E-state index contributed by atoms with van der Waals surface area (Å²) in [6, 6.07) is 9.61. The molecule has 3 rings (SSSR count). The molecule has 2 aromatic rings. The largest absolute Gasteiger partial charge is 0.420 e. The van der Waals surface area contributed by atoms with Crippen molar-refractivity contribution in [3.63, 3.8) is 0 Å². The molecule has 1 fully saturated rings. The van der Waals surface area contributed by atoms with Gasteiger partial charge in [0.1, 0.15) is 4.60 Å². The Kier molecular flexibility index (Phi) is 4.36. The van der Waals surface area contributed by atoms with Crippen molar-refractivity contribution in [1.29, 1.82) is 0 Å². The Morgan fingerprint density at radius 3 is 2.57 bits per heavy atom. The molecule has 0 radical (unpaired) electrons. The van der Waals surface area contributed by atoms with Crippen molar-refractivity contribution in [3.8, 4) is 5.75 Å². The van der Waals surface area contributed by atoms with Gasteiger partial charge in [0.05, 0.1) is 17.0 Å². The number of aromatic nitrogens is 1. The predicted octanol–water partition coefficient (Wildman–Crippen LogP) is 2.60. The molecule has 8 heteroatoms. The van der Waals surface area contributed by atoms with Gasteiger partial charge in [0.15, 0.2) is 5.75 Å². The van der Waals surface area contributed by atoms with Crippen molar-refractivity contribution in [2.75, 3.05) is 16.6 Å². The number of nitrogens with zero attached hydrogens (tertiary/aromatic N) is 2. The van der Waals surface area contributed by atoms with E-state index in [-0.39, 0.29) is 5.75 Å². The van der Waals surface area contributed by atoms with E-state index >= 15 is 0 Å². The van der Waals surface area contributed by atoms with Crippen LogP contribution in [0.25, 0.3) is 0 Å². The van der Waals surface area contributed by atoms with Crippen LogP contribution in [0.1, 0.15) is 16.8 Å². The molecule has 0 saturated carbocycles. The van der Waals surface area contributed by atoms with Gasteiger partial charge in [0.2, 0.25) is 10.0 Å². The van der Waals surface area contributed by atoms with Gasteiger partial charge in [-0.3, -0.25) is 4.31 Å². The lowest BCUT2D eigenvalue weighted by Crippen LogP contribution is -2.25. The van der Waals surface area contributed by atoms with Crippen molar-refractivity contribution in [2.45, 2.75) is 6.42 Å². The fraction of sp³-hybridized carbons (Fsp3) is 0.200. The Balaban J connectivity index is 1.77. The first kappa shape index (κ1) is 15.9. The summed E-state index contributed by atoms with van der Waals surface area (Å²) in [4.78, 5) is 16.1. The number of hydrogen-bond donors (Lipinski definition) is 0. The highest BCUT2D eigenvalue weighted by Crippen LogP contribution is 2.25. The summed E-state index contributed by atoms with van der Waals surface area (Å²) in [5.41, 5.74) is 0.891. The van der Waals surface area contributed by atoms with Crippen LogP contribution in [0.5, 0.6) is 5.75 Å². The molecular weight excluding hydrogens is 384 g/mol. The topological polar surface area (TPSA) is 76.6 Å². The summed E-state index contributed by atoms with van der Waals surface area (Å²) in [6.45, 7) is 0.467. The lowest BCUT2D eigenvalue weighted by atomic mass is 10.2. The third-order valence-corrected chi connectivity index (χ3v) is 5.88. The van der Waals surface area contributed by atoms with Crippen molar-refractivity contribution < 1.29 is 17.9 Å². The Bertz CT molecular complexity index is 837. The highest BCUT2D eigenvalue weighted by atomic mass is 79.9. The molecule has 0 unspecified atom stereocenters. The SMILES string of the molecule is O=C(Oc1cccnc1Br)c1ccc(N2CCCS2(=O)=O)cc1. The van der Waals surface area contributed by atoms with Crippen molar-refractivity contribution in [2.24, 2.45) is 0 Å². The first-order chi connectivity index (χ1) is 11.0. The number of halogens is 1. The number of anilines is 1. The second-order valence-corrected chi connectivity index (χ2v) is 7.73. The molecule has 0 atom stereocenters. The van der Waals surface area contributed by atoms with Crippen LogP contribution < -0.4 is 9.04 Å². The number of rotatable bonds is 3. The number of hydrogen-bond acceptors (Lipinski definition) is 5. The second kappa shape index (κ2) is 6.29. The van der Waals surface area contributed by atoms with E-state index in [9.17, 15) is 13.2 Å². The van der Waals surface area contributed by atoms with Crippen LogP contribution in [0.3, 0.4) is 0 Å². The summed E-state index contributed by atoms with van der Waals surface area (Å²) < 4.78 is 30.8. The minimum atomic E-state index is -3.22. The van der Waals surface area contributed by atoms with Gasteiger partial charge in [-0.1, -0.05) is 0 Å². The number of ether oxygens (including phenoxy) is 1. The van der Waals surface area contributed by atoms with Gasteiger partial charge in [0, 0.05) is 12.7 Å². The van der Waals surface area contributed by atoms with Crippen molar-refractivity contribution >= 4 is 37.6 Å². The van der Waals surface area contributed by atoms with E-state index in [1.807, 2.05) is 0 Å². The number of sulfonamides is 1. The zero-order valence-electron chi connectivity index (χ0n) is 12.0.